The molecule has 2 aliphatic rings. The topological polar surface area (TPSA) is 64.1 Å². The van der Waals surface area contributed by atoms with Crippen LogP contribution in [0.15, 0.2) is 47.5 Å². The van der Waals surface area contributed by atoms with E-state index in [1.807, 2.05) is 18.2 Å². The monoisotopic (exact) mass is 203 g/mol. The molecule has 0 aromatic rings. The van der Waals surface area contributed by atoms with E-state index in [4.69, 9.17) is 11.5 Å². The molecule has 0 bridgehead atoms. The normalized spacial score (nSPS) is 25.3. The van der Waals surface area contributed by atoms with Gasteiger partial charge in [-0.1, -0.05) is 12.2 Å². The van der Waals surface area contributed by atoms with Crippen molar-refractivity contribution >= 4 is 0 Å². The first-order chi connectivity index (χ1) is 7.24. The average Bonchev–Trinajstić information content (AvgIpc) is 2.25. The Hall–Kier alpha value is -1.64. The van der Waals surface area contributed by atoms with Crippen LogP contribution in [-0.2, 0) is 0 Å². The maximum absolute atomic E-state index is 5.70. The molecule has 2 rings (SSSR count). The lowest BCUT2D eigenvalue weighted by atomic mass is 10.0. The summed E-state index contributed by atoms with van der Waals surface area (Å²) in [6.07, 6.45) is 13.1. The van der Waals surface area contributed by atoms with Gasteiger partial charge in [0, 0.05) is 23.1 Å². The van der Waals surface area contributed by atoms with E-state index in [0.29, 0.717) is 6.04 Å². The predicted octanol–water partition coefficient (Wildman–Crippen LogP) is 1.27. The molecular weight excluding hydrogens is 186 g/mol. The third-order valence-corrected chi connectivity index (χ3v) is 2.68. The summed E-state index contributed by atoms with van der Waals surface area (Å²) in [6.45, 7) is 0. The molecule has 80 valence electrons. The zero-order valence-corrected chi connectivity index (χ0v) is 8.74. The van der Waals surface area contributed by atoms with E-state index < -0.39 is 0 Å². The number of hydrogen-bond acceptors (Lipinski definition) is 3. The molecule has 1 atom stereocenters. The van der Waals surface area contributed by atoms with E-state index in [9.17, 15) is 0 Å². The summed E-state index contributed by atoms with van der Waals surface area (Å²) in [6, 6.07) is 0.372. The van der Waals surface area contributed by atoms with Gasteiger partial charge in [0.1, 0.15) is 0 Å². The van der Waals surface area contributed by atoms with Gasteiger partial charge in [0.05, 0.1) is 0 Å². The van der Waals surface area contributed by atoms with E-state index in [1.165, 1.54) is 5.70 Å². The van der Waals surface area contributed by atoms with Crippen molar-refractivity contribution in [3.05, 3.63) is 47.5 Å². The predicted molar refractivity (Wildman–Crippen MR) is 62.5 cm³/mol. The van der Waals surface area contributed by atoms with Crippen molar-refractivity contribution in [2.75, 3.05) is 0 Å². The first-order valence-electron chi connectivity index (χ1n) is 5.29. The number of nitrogens with one attached hydrogen (secondary N) is 1. The Kier molecular flexibility index (Phi) is 2.81. The maximum atomic E-state index is 5.70. The zero-order valence-electron chi connectivity index (χ0n) is 8.74. The summed E-state index contributed by atoms with van der Waals surface area (Å²) in [5.74, 6) is 0. The molecule has 15 heavy (non-hydrogen) atoms. The Balaban J connectivity index is 1.91. The molecule has 0 spiro atoms. The van der Waals surface area contributed by atoms with Crippen molar-refractivity contribution in [1.29, 1.82) is 0 Å². The van der Waals surface area contributed by atoms with Gasteiger partial charge in [-0.25, -0.2) is 0 Å². The summed E-state index contributed by atoms with van der Waals surface area (Å²) in [5, 5.41) is 3.47. The van der Waals surface area contributed by atoms with Crippen LogP contribution in [-0.4, -0.2) is 6.04 Å². The van der Waals surface area contributed by atoms with Crippen molar-refractivity contribution in [2.45, 2.75) is 25.3 Å². The summed E-state index contributed by atoms with van der Waals surface area (Å²) < 4.78 is 0. The average molecular weight is 203 g/mol. The molecule has 0 amide bonds. The number of nitrogens with two attached hydrogens (primary N) is 2. The molecule has 0 saturated heterocycles. The molecule has 0 fully saturated rings. The van der Waals surface area contributed by atoms with Crippen LogP contribution >= 0.6 is 0 Å². The van der Waals surface area contributed by atoms with Gasteiger partial charge in [-0.05, 0) is 37.5 Å². The summed E-state index contributed by atoms with van der Waals surface area (Å²) in [4.78, 5) is 0. The second-order valence-corrected chi connectivity index (χ2v) is 3.98. The Morgan fingerprint density at radius 1 is 1.20 bits per heavy atom. The number of hydrogen-bond donors (Lipinski definition) is 3. The van der Waals surface area contributed by atoms with Crippen LogP contribution in [0, 0.1) is 0 Å². The lowest BCUT2D eigenvalue weighted by Crippen LogP contribution is -2.28. The fraction of sp³-hybridized carbons (Fsp3) is 0.333. The smallest absolute Gasteiger partial charge is 0.0480 e. The summed E-state index contributed by atoms with van der Waals surface area (Å²) in [5.41, 5.74) is 14.4. The lowest BCUT2D eigenvalue weighted by Gasteiger charge is -2.21. The maximum Gasteiger partial charge on any atom is 0.0480 e. The minimum atomic E-state index is 0.372. The quantitative estimate of drug-likeness (QED) is 0.633. The largest absolute Gasteiger partial charge is 0.402 e. The van der Waals surface area contributed by atoms with E-state index in [0.717, 1.165) is 30.7 Å². The van der Waals surface area contributed by atoms with Gasteiger partial charge in [-0.15, -0.1) is 0 Å². The highest BCUT2D eigenvalue weighted by Gasteiger charge is 2.10. The van der Waals surface area contributed by atoms with Crippen molar-refractivity contribution < 1.29 is 0 Å². The summed E-state index contributed by atoms with van der Waals surface area (Å²) in [7, 11) is 0. The van der Waals surface area contributed by atoms with Gasteiger partial charge >= 0.3 is 0 Å². The Morgan fingerprint density at radius 2 is 2.07 bits per heavy atom. The van der Waals surface area contributed by atoms with Gasteiger partial charge in [0.15, 0.2) is 0 Å². The highest BCUT2D eigenvalue weighted by Crippen LogP contribution is 2.15. The second-order valence-electron chi connectivity index (χ2n) is 3.98. The Bertz CT molecular complexity index is 361. The van der Waals surface area contributed by atoms with Crippen LogP contribution in [0.3, 0.4) is 0 Å². The Labute approximate surface area is 90.2 Å². The van der Waals surface area contributed by atoms with E-state index in [2.05, 4.69) is 17.5 Å². The molecule has 3 heteroatoms. The molecule has 2 aliphatic carbocycles. The van der Waals surface area contributed by atoms with Gasteiger partial charge < -0.3 is 16.8 Å². The van der Waals surface area contributed by atoms with Crippen LogP contribution in [0.2, 0.25) is 0 Å². The number of rotatable bonds is 2. The Morgan fingerprint density at radius 3 is 2.67 bits per heavy atom. The molecule has 0 saturated carbocycles. The fourth-order valence-corrected chi connectivity index (χ4v) is 1.76. The zero-order chi connectivity index (χ0) is 10.7. The third kappa shape index (κ3) is 2.65. The van der Waals surface area contributed by atoms with Crippen LogP contribution in [0.5, 0.6) is 0 Å². The van der Waals surface area contributed by atoms with Crippen molar-refractivity contribution in [3.63, 3.8) is 0 Å². The van der Waals surface area contributed by atoms with E-state index >= 15 is 0 Å². The SMILES string of the molecule is NC1=CCC(NC2=CC=C(N)CC2)C=C1. The van der Waals surface area contributed by atoms with E-state index in [1.54, 1.807) is 0 Å². The van der Waals surface area contributed by atoms with Gasteiger partial charge in [-0.2, -0.15) is 0 Å². The van der Waals surface area contributed by atoms with Crippen LogP contribution in [0.1, 0.15) is 19.3 Å². The molecule has 0 radical (unpaired) electrons. The molecule has 0 aliphatic heterocycles. The first-order valence-corrected chi connectivity index (χ1v) is 5.29. The lowest BCUT2D eigenvalue weighted by molar-refractivity contribution is 0.636. The second kappa shape index (κ2) is 4.26. The first kappa shape index (κ1) is 9.90. The van der Waals surface area contributed by atoms with Gasteiger partial charge in [0.25, 0.3) is 0 Å². The van der Waals surface area contributed by atoms with Crippen LogP contribution in [0.25, 0.3) is 0 Å². The minimum absolute atomic E-state index is 0.372. The van der Waals surface area contributed by atoms with Crippen LogP contribution < -0.4 is 16.8 Å². The third-order valence-electron chi connectivity index (χ3n) is 2.68. The van der Waals surface area contributed by atoms with Gasteiger partial charge in [-0.3, -0.25) is 0 Å². The van der Waals surface area contributed by atoms with Gasteiger partial charge in [0.2, 0.25) is 0 Å². The fourth-order valence-electron chi connectivity index (χ4n) is 1.76. The molecule has 5 N–H and O–H groups in total. The van der Waals surface area contributed by atoms with Crippen molar-refractivity contribution in [3.8, 4) is 0 Å². The molecule has 0 heterocycles. The van der Waals surface area contributed by atoms with Crippen molar-refractivity contribution in [1.82, 2.24) is 5.32 Å². The highest BCUT2D eigenvalue weighted by atomic mass is 14.9. The highest BCUT2D eigenvalue weighted by molar-refractivity contribution is 5.26. The van der Waals surface area contributed by atoms with E-state index in [-0.39, 0.29) is 0 Å². The summed E-state index contributed by atoms with van der Waals surface area (Å²) >= 11 is 0. The molecule has 0 aromatic heterocycles. The van der Waals surface area contributed by atoms with Crippen LogP contribution in [0.4, 0.5) is 0 Å². The standard InChI is InChI=1S/C12H17N3/c13-9-1-5-11(6-2-9)15-12-7-3-10(14)4-8-12/h1-3,5,7,11,15H,4,6,8,13-14H2. The molecular formula is C12H17N3. The molecule has 0 aromatic carbocycles. The van der Waals surface area contributed by atoms with Crippen molar-refractivity contribution in [2.24, 2.45) is 11.5 Å². The number of allylic oxidation sites excluding steroid dienone is 5. The minimum Gasteiger partial charge on any atom is -0.402 e. The molecule has 3 nitrogen and oxygen atoms in total. The molecule has 1 unspecified atom stereocenters.